The van der Waals surface area contributed by atoms with Crippen molar-refractivity contribution in [3.63, 3.8) is 0 Å². The molecule has 2 atom stereocenters. The van der Waals surface area contributed by atoms with Crippen LogP contribution in [0.15, 0.2) is 48.5 Å². The summed E-state index contributed by atoms with van der Waals surface area (Å²) in [5, 5.41) is 11.2. The Balaban J connectivity index is 1.63. The molecule has 0 saturated carbocycles. The Kier molecular flexibility index (Phi) is 9.04. The molecule has 1 aliphatic rings. The van der Waals surface area contributed by atoms with Gasteiger partial charge in [0, 0.05) is 43.4 Å². The maximum atomic E-state index is 12.8. The van der Waals surface area contributed by atoms with Crippen LogP contribution in [0.2, 0.25) is 0 Å². The minimum atomic E-state index is -2.92. The Morgan fingerprint density at radius 3 is 2.05 bits per heavy atom. The molecule has 2 unspecified atom stereocenters. The Hall–Kier alpha value is -3.72. The Morgan fingerprint density at radius 2 is 1.57 bits per heavy atom. The van der Waals surface area contributed by atoms with Gasteiger partial charge in [0.15, 0.2) is 15.9 Å². The van der Waals surface area contributed by atoms with Crippen LogP contribution in [0.4, 0.5) is 0 Å². The average molecular weight is 527 g/mol. The largest absolute Gasteiger partial charge is 0.357 e. The van der Waals surface area contributed by atoms with E-state index in [9.17, 15) is 22.8 Å². The first-order valence-corrected chi connectivity index (χ1v) is 13.4. The van der Waals surface area contributed by atoms with Crippen molar-refractivity contribution in [3.05, 3.63) is 70.8 Å². The fraction of sp³-hybridized carbons (Fsp3) is 0.346. The van der Waals surface area contributed by atoms with Crippen LogP contribution in [0.5, 0.6) is 0 Å². The molecule has 37 heavy (non-hydrogen) atoms. The molecular weight excluding hydrogens is 496 g/mol. The topological polar surface area (TPSA) is 136 Å². The summed E-state index contributed by atoms with van der Waals surface area (Å²) in [4.78, 5) is 39.6. The highest BCUT2D eigenvalue weighted by Gasteiger charge is 2.33. The van der Waals surface area contributed by atoms with Gasteiger partial charge in [-0.2, -0.15) is 0 Å². The molecule has 196 valence electrons. The lowest BCUT2D eigenvalue weighted by atomic mass is 10.1. The second-order valence-electron chi connectivity index (χ2n) is 8.91. The number of hydrogen-bond acceptors (Lipinski definition) is 7. The lowest BCUT2D eigenvalue weighted by Crippen LogP contribution is -2.54. The van der Waals surface area contributed by atoms with E-state index in [0.717, 1.165) is 16.0 Å². The molecular formula is C26H30N4O6S. The van der Waals surface area contributed by atoms with Gasteiger partial charge in [-0.3, -0.25) is 24.5 Å². The molecule has 0 spiro atoms. The van der Waals surface area contributed by atoms with Gasteiger partial charge in [0.2, 0.25) is 0 Å². The Labute approximate surface area is 216 Å². The highest BCUT2D eigenvalue weighted by Crippen LogP contribution is 2.18. The van der Waals surface area contributed by atoms with Crippen LogP contribution in [0.25, 0.3) is 0 Å². The molecule has 0 bridgehead atoms. The number of sulfone groups is 1. The van der Waals surface area contributed by atoms with E-state index in [0.29, 0.717) is 18.5 Å². The minimum absolute atomic E-state index is 0.0422. The van der Waals surface area contributed by atoms with E-state index in [1.165, 1.54) is 19.6 Å². The minimum Gasteiger partial charge on any atom is -0.357 e. The third kappa shape index (κ3) is 7.16. The summed E-state index contributed by atoms with van der Waals surface area (Å²) in [6.07, 6.45) is 0.662. The number of carbonyl (C=O) groups excluding carboxylic acids is 3. The highest BCUT2D eigenvalue weighted by atomic mass is 32.2. The smallest absolute Gasteiger partial charge is 0.275 e. The van der Waals surface area contributed by atoms with Crippen LogP contribution in [-0.2, 0) is 26.0 Å². The van der Waals surface area contributed by atoms with Gasteiger partial charge >= 0.3 is 0 Å². The molecule has 2 aromatic carbocycles. The second-order valence-corrected chi connectivity index (χ2v) is 11.1. The first-order chi connectivity index (χ1) is 17.5. The third-order valence-corrected chi connectivity index (χ3v) is 8.01. The van der Waals surface area contributed by atoms with Gasteiger partial charge < -0.3 is 10.2 Å². The highest BCUT2D eigenvalue weighted by molar-refractivity contribution is 7.91. The standard InChI is InChI=1S/C26H30N4O6S/c1-27-24(31)23(25(32)28-34)30(3)26(33)21-12-10-19(11-13-21)5-4-18-6-8-20(9-7-18)16-29(2)22-14-15-37(35,36)17-22/h6-13,22-23,34H,14-17H2,1-3H3,(H,27,31)(H,28,32). The summed E-state index contributed by atoms with van der Waals surface area (Å²) in [5.74, 6) is 4.22. The zero-order chi connectivity index (χ0) is 27.2. The molecule has 1 saturated heterocycles. The van der Waals surface area contributed by atoms with Gasteiger partial charge in [0.05, 0.1) is 11.5 Å². The lowest BCUT2D eigenvalue weighted by Gasteiger charge is -2.25. The van der Waals surface area contributed by atoms with Crippen LogP contribution in [0.3, 0.4) is 0 Å². The summed E-state index contributed by atoms with van der Waals surface area (Å²) < 4.78 is 23.4. The lowest BCUT2D eigenvalue weighted by molar-refractivity contribution is -0.140. The first kappa shape index (κ1) is 27.9. The molecule has 2 aromatic rings. The molecule has 3 rings (SSSR count). The zero-order valence-electron chi connectivity index (χ0n) is 20.9. The summed E-state index contributed by atoms with van der Waals surface area (Å²) >= 11 is 0. The molecule has 1 fully saturated rings. The summed E-state index contributed by atoms with van der Waals surface area (Å²) in [6, 6.07) is 12.7. The molecule has 10 nitrogen and oxygen atoms in total. The zero-order valence-corrected chi connectivity index (χ0v) is 21.7. The number of nitrogens with one attached hydrogen (secondary N) is 2. The van der Waals surface area contributed by atoms with Gasteiger partial charge in [-0.15, -0.1) is 0 Å². The third-order valence-electron chi connectivity index (χ3n) is 6.26. The number of likely N-dealkylation sites (N-methyl/N-ethyl adjacent to an activating group) is 2. The van der Waals surface area contributed by atoms with E-state index in [1.807, 2.05) is 31.3 Å². The molecule has 0 aliphatic carbocycles. The van der Waals surface area contributed by atoms with Gasteiger partial charge in [-0.25, -0.2) is 13.9 Å². The van der Waals surface area contributed by atoms with Crippen molar-refractivity contribution < 1.29 is 28.0 Å². The van der Waals surface area contributed by atoms with Crippen molar-refractivity contribution in [2.24, 2.45) is 0 Å². The van der Waals surface area contributed by atoms with Crippen molar-refractivity contribution >= 4 is 27.6 Å². The van der Waals surface area contributed by atoms with Gasteiger partial charge in [-0.1, -0.05) is 24.0 Å². The van der Waals surface area contributed by atoms with Crippen molar-refractivity contribution in [1.29, 1.82) is 0 Å². The number of hydroxylamine groups is 1. The second kappa shape index (κ2) is 12.0. The molecule has 11 heteroatoms. The van der Waals surface area contributed by atoms with Crippen LogP contribution >= 0.6 is 0 Å². The van der Waals surface area contributed by atoms with Crippen molar-refractivity contribution in [2.45, 2.75) is 25.0 Å². The Bertz CT molecular complexity index is 1300. The van der Waals surface area contributed by atoms with E-state index in [2.05, 4.69) is 22.1 Å². The molecule has 0 radical (unpaired) electrons. The number of carbonyl (C=O) groups is 3. The maximum absolute atomic E-state index is 12.8. The molecule has 1 aliphatic heterocycles. The van der Waals surface area contributed by atoms with Gasteiger partial charge in [0.25, 0.3) is 17.7 Å². The molecule has 1 heterocycles. The Morgan fingerprint density at radius 1 is 1.00 bits per heavy atom. The van der Waals surface area contributed by atoms with Crippen LogP contribution in [0.1, 0.15) is 33.5 Å². The predicted octanol–water partition coefficient (Wildman–Crippen LogP) is 0.397. The van der Waals surface area contributed by atoms with E-state index in [4.69, 9.17) is 5.21 Å². The van der Waals surface area contributed by atoms with Crippen LogP contribution in [0, 0.1) is 11.8 Å². The fourth-order valence-electron chi connectivity index (χ4n) is 4.06. The van der Waals surface area contributed by atoms with Gasteiger partial charge in [-0.05, 0) is 55.4 Å². The van der Waals surface area contributed by atoms with E-state index < -0.39 is 33.6 Å². The first-order valence-electron chi connectivity index (χ1n) is 11.6. The maximum Gasteiger partial charge on any atom is 0.275 e. The summed E-state index contributed by atoms with van der Waals surface area (Å²) in [5.41, 5.74) is 4.18. The van der Waals surface area contributed by atoms with Gasteiger partial charge in [0.1, 0.15) is 0 Å². The summed E-state index contributed by atoms with van der Waals surface area (Å²) in [7, 11) is 1.63. The van der Waals surface area contributed by atoms with Crippen molar-refractivity contribution in [1.82, 2.24) is 20.6 Å². The van der Waals surface area contributed by atoms with Crippen LogP contribution in [-0.4, -0.2) is 85.9 Å². The normalized spacial score (nSPS) is 16.8. The quantitative estimate of drug-likeness (QED) is 0.206. The van der Waals surface area contributed by atoms with Crippen molar-refractivity contribution in [2.75, 3.05) is 32.6 Å². The predicted molar refractivity (Wildman–Crippen MR) is 137 cm³/mol. The van der Waals surface area contributed by atoms with E-state index >= 15 is 0 Å². The summed E-state index contributed by atoms with van der Waals surface area (Å²) in [6.45, 7) is 0.651. The van der Waals surface area contributed by atoms with E-state index in [-0.39, 0.29) is 23.1 Å². The molecule has 0 aromatic heterocycles. The number of nitrogens with zero attached hydrogens (tertiary/aromatic N) is 2. The number of hydrogen-bond donors (Lipinski definition) is 3. The number of rotatable bonds is 7. The number of amides is 3. The fourth-order valence-corrected chi connectivity index (χ4v) is 5.87. The molecule has 3 amide bonds. The average Bonchev–Trinajstić information content (AvgIpc) is 3.27. The van der Waals surface area contributed by atoms with E-state index in [1.54, 1.807) is 24.3 Å². The molecule has 3 N–H and O–H groups in total. The monoisotopic (exact) mass is 526 g/mol. The SMILES string of the molecule is CNC(=O)C(C(=O)NO)N(C)C(=O)c1ccc(C#Cc2ccc(CN(C)C3CCS(=O)(=O)C3)cc2)cc1. The number of benzene rings is 2. The van der Waals surface area contributed by atoms with Crippen LogP contribution < -0.4 is 10.8 Å². The van der Waals surface area contributed by atoms with Crippen molar-refractivity contribution in [3.8, 4) is 11.8 Å².